The van der Waals surface area contributed by atoms with Crippen LogP contribution >= 0.6 is 11.6 Å². The second kappa shape index (κ2) is 7.65. The fraction of sp³-hybridized carbons (Fsp3) is 0.611. The fourth-order valence-corrected chi connectivity index (χ4v) is 3.85. The van der Waals surface area contributed by atoms with Gasteiger partial charge in [0.2, 0.25) is 5.91 Å². The molecule has 2 saturated heterocycles. The summed E-state index contributed by atoms with van der Waals surface area (Å²) in [6.07, 6.45) is 3.71. The Kier molecular flexibility index (Phi) is 5.57. The zero-order valence-electron chi connectivity index (χ0n) is 13.4. The largest absolute Gasteiger partial charge is 0.391 e. The molecule has 1 aromatic carbocycles. The minimum Gasteiger partial charge on any atom is -0.391 e. The van der Waals surface area contributed by atoms with Gasteiger partial charge in [0.05, 0.1) is 12.1 Å². The van der Waals surface area contributed by atoms with Crippen molar-refractivity contribution in [2.45, 2.75) is 44.2 Å². The molecule has 0 radical (unpaired) electrons. The van der Waals surface area contributed by atoms with E-state index in [2.05, 4.69) is 5.32 Å². The van der Waals surface area contributed by atoms with Crippen LogP contribution in [0.1, 0.15) is 31.2 Å². The third-order valence-electron chi connectivity index (χ3n) is 5.07. The Labute approximate surface area is 142 Å². The maximum Gasteiger partial charge on any atom is 0.226 e. The first-order valence-electron chi connectivity index (χ1n) is 8.59. The lowest BCUT2D eigenvalue weighted by molar-refractivity contribution is -0.144. The van der Waals surface area contributed by atoms with Crippen LogP contribution in [0, 0.1) is 5.92 Å². The van der Waals surface area contributed by atoms with Crippen LogP contribution in [0.5, 0.6) is 0 Å². The summed E-state index contributed by atoms with van der Waals surface area (Å²) in [7, 11) is 0. The lowest BCUT2D eigenvalue weighted by Gasteiger charge is -2.41. The molecule has 3 rings (SSSR count). The van der Waals surface area contributed by atoms with Gasteiger partial charge in [0.1, 0.15) is 0 Å². The number of aliphatic hydroxyl groups excluding tert-OH is 1. The second-order valence-corrected chi connectivity index (χ2v) is 7.10. The van der Waals surface area contributed by atoms with Gasteiger partial charge < -0.3 is 15.3 Å². The van der Waals surface area contributed by atoms with E-state index in [0.717, 1.165) is 50.9 Å². The second-order valence-electron chi connectivity index (χ2n) is 6.66. The van der Waals surface area contributed by atoms with Crippen LogP contribution in [0.4, 0.5) is 0 Å². The highest BCUT2D eigenvalue weighted by Crippen LogP contribution is 2.26. The van der Waals surface area contributed by atoms with Crippen molar-refractivity contribution < 1.29 is 9.90 Å². The van der Waals surface area contributed by atoms with Crippen LogP contribution in [-0.4, -0.2) is 47.7 Å². The monoisotopic (exact) mass is 336 g/mol. The van der Waals surface area contributed by atoms with Crippen molar-refractivity contribution in [3.05, 3.63) is 34.9 Å². The van der Waals surface area contributed by atoms with Crippen LogP contribution in [-0.2, 0) is 11.2 Å². The number of hydrogen-bond donors (Lipinski definition) is 2. The first-order valence-corrected chi connectivity index (χ1v) is 8.96. The average Bonchev–Trinajstić information content (AvgIpc) is 2.59. The van der Waals surface area contributed by atoms with Gasteiger partial charge in [-0.05, 0) is 62.9 Å². The molecule has 0 unspecified atom stereocenters. The molecule has 2 heterocycles. The molecule has 0 aromatic heterocycles. The summed E-state index contributed by atoms with van der Waals surface area (Å²) in [5.41, 5.74) is 1.11. The number of aliphatic hydroxyl groups is 1. The third-order valence-corrected chi connectivity index (χ3v) is 5.32. The SMILES string of the molecule is O=C(C1CCNCC1)N1CCC[C@H](O)[C@@H]1Cc1ccc(Cl)cc1. The lowest BCUT2D eigenvalue weighted by Crippen LogP contribution is -2.54. The minimum absolute atomic E-state index is 0.106. The smallest absolute Gasteiger partial charge is 0.226 e. The minimum atomic E-state index is -0.440. The Morgan fingerprint density at radius 3 is 2.61 bits per heavy atom. The van der Waals surface area contributed by atoms with Gasteiger partial charge in [-0.25, -0.2) is 0 Å². The van der Waals surface area contributed by atoms with E-state index in [9.17, 15) is 9.90 Å². The number of hydrogen-bond acceptors (Lipinski definition) is 3. The van der Waals surface area contributed by atoms with Crippen LogP contribution in [0.15, 0.2) is 24.3 Å². The molecule has 126 valence electrons. The van der Waals surface area contributed by atoms with Gasteiger partial charge in [-0.1, -0.05) is 23.7 Å². The van der Waals surface area contributed by atoms with E-state index in [-0.39, 0.29) is 17.9 Å². The number of rotatable bonds is 3. The summed E-state index contributed by atoms with van der Waals surface area (Å²) in [5, 5.41) is 14.5. The van der Waals surface area contributed by atoms with Gasteiger partial charge >= 0.3 is 0 Å². The van der Waals surface area contributed by atoms with E-state index in [1.54, 1.807) is 0 Å². The molecule has 0 aliphatic carbocycles. The number of nitrogens with one attached hydrogen (secondary N) is 1. The van der Waals surface area contributed by atoms with Crippen LogP contribution in [0.3, 0.4) is 0 Å². The van der Waals surface area contributed by atoms with Crippen molar-refractivity contribution >= 4 is 17.5 Å². The van der Waals surface area contributed by atoms with Gasteiger partial charge in [0.25, 0.3) is 0 Å². The third kappa shape index (κ3) is 4.06. The summed E-state index contributed by atoms with van der Waals surface area (Å²) in [4.78, 5) is 14.9. The van der Waals surface area contributed by atoms with Gasteiger partial charge in [-0.2, -0.15) is 0 Å². The van der Waals surface area contributed by atoms with Gasteiger partial charge in [-0.3, -0.25) is 4.79 Å². The molecule has 2 aliphatic rings. The summed E-state index contributed by atoms with van der Waals surface area (Å²) < 4.78 is 0. The highest BCUT2D eigenvalue weighted by Gasteiger charge is 2.36. The summed E-state index contributed by atoms with van der Waals surface area (Å²) >= 11 is 5.94. The molecule has 2 atom stereocenters. The topological polar surface area (TPSA) is 52.6 Å². The number of piperidine rings is 2. The molecule has 0 spiro atoms. The number of likely N-dealkylation sites (tertiary alicyclic amines) is 1. The van der Waals surface area contributed by atoms with Gasteiger partial charge in [0, 0.05) is 17.5 Å². The maximum absolute atomic E-state index is 12.9. The van der Waals surface area contributed by atoms with Crippen LogP contribution in [0.2, 0.25) is 5.02 Å². The average molecular weight is 337 g/mol. The molecule has 0 saturated carbocycles. The Balaban J connectivity index is 1.73. The maximum atomic E-state index is 12.9. The van der Waals surface area contributed by atoms with E-state index in [1.165, 1.54) is 0 Å². The van der Waals surface area contributed by atoms with Gasteiger partial charge in [0.15, 0.2) is 0 Å². The molecule has 2 N–H and O–H groups in total. The predicted molar refractivity (Wildman–Crippen MR) is 91.5 cm³/mol. The zero-order valence-corrected chi connectivity index (χ0v) is 14.1. The molecule has 5 heteroatoms. The quantitative estimate of drug-likeness (QED) is 0.890. The van der Waals surface area contributed by atoms with E-state index < -0.39 is 6.10 Å². The molecule has 0 bridgehead atoms. The summed E-state index contributed by atoms with van der Waals surface area (Å²) in [5.74, 6) is 0.332. The Hall–Kier alpha value is -1.10. The highest BCUT2D eigenvalue weighted by atomic mass is 35.5. The van der Waals surface area contributed by atoms with Crippen molar-refractivity contribution in [1.29, 1.82) is 0 Å². The first-order chi connectivity index (χ1) is 11.1. The van der Waals surface area contributed by atoms with Crippen molar-refractivity contribution in [2.24, 2.45) is 5.92 Å². The fourth-order valence-electron chi connectivity index (χ4n) is 3.72. The normalized spacial score (nSPS) is 26.3. The molecule has 4 nitrogen and oxygen atoms in total. The number of nitrogens with zero attached hydrogens (tertiary/aromatic N) is 1. The van der Waals surface area contributed by atoms with Crippen molar-refractivity contribution in [3.8, 4) is 0 Å². The first kappa shape index (κ1) is 16.7. The predicted octanol–water partition coefficient (Wildman–Crippen LogP) is 2.23. The molecule has 1 aromatic rings. The van der Waals surface area contributed by atoms with E-state index >= 15 is 0 Å². The Morgan fingerprint density at radius 2 is 1.91 bits per heavy atom. The Morgan fingerprint density at radius 1 is 1.22 bits per heavy atom. The van der Waals surface area contributed by atoms with Crippen LogP contribution in [0.25, 0.3) is 0 Å². The van der Waals surface area contributed by atoms with Crippen LogP contribution < -0.4 is 5.32 Å². The van der Waals surface area contributed by atoms with E-state index in [1.807, 2.05) is 29.2 Å². The lowest BCUT2D eigenvalue weighted by atomic mass is 9.89. The summed E-state index contributed by atoms with van der Waals surface area (Å²) in [6, 6.07) is 7.58. The van der Waals surface area contributed by atoms with Crippen molar-refractivity contribution in [1.82, 2.24) is 10.2 Å². The molecule has 23 heavy (non-hydrogen) atoms. The Bertz CT molecular complexity index is 528. The number of benzene rings is 1. The van der Waals surface area contributed by atoms with E-state index in [0.29, 0.717) is 11.4 Å². The molecule has 2 aliphatic heterocycles. The van der Waals surface area contributed by atoms with Gasteiger partial charge in [-0.15, -0.1) is 0 Å². The molecular formula is C18H25ClN2O2. The zero-order chi connectivity index (χ0) is 16.2. The highest BCUT2D eigenvalue weighted by molar-refractivity contribution is 6.30. The molecule has 2 fully saturated rings. The van der Waals surface area contributed by atoms with Crippen molar-refractivity contribution in [2.75, 3.05) is 19.6 Å². The molecule has 1 amide bonds. The standard InChI is InChI=1S/C18H25ClN2O2/c19-15-5-3-13(4-6-15)12-16-17(22)2-1-11-21(16)18(23)14-7-9-20-10-8-14/h3-6,14,16-17,20,22H,1-2,7-12H2/t16-,17-/m0/s1. The van der Waals surface area contributed by atoms with E-state index in [4.69, 9.17) is 11.6 Å². The number of carbonyl (C=O) groups is 1. The number of carbonyl (C=O) groups excluding carboxylic acids is 1. The molecular weight excluding hydrogens is 312 g/mol. The van der Waals surface area contributed by atoms with Crippen molar-refractivity contribution in [3.63, 3.8) is 0 Å². The summed E-state index contributed by atoms with van der Waals surface area (Å²) in [6.45, 7) is 2.58. The number of amides is 1. The number of halogens is 1.